The summed E-state index contributed by atoms with van der Waals surface area (Å²) < 4.78 is 28.1. The van der Waals surface area contributed by atoms with Gasteiger partial charge in [0, 0.05) is 10.0 Å². The van der Waals surface area contributed by atoms with Crippen LogP contribution in [-0.2, 0) is 0 Å². The molecule has 0 bridgehead atoms. The Hall–Kier alpha value is -0.780. The molecule has 1 nitrogen and oxygen atoms in total. The summed E-state index contributed by atoms with van der Waals surface area (Å²) in [6, 6.07) is 6.75. The van der Waals surface area contributed by atoms with Crippen LogP contribution in [0.25, 0.3) is 0 Å². The smallest absolute Gasteiger partial charge is 0.200 e. The number of halogens is 5. The maximum atomic E-state index is 13.9. The standard InChI is InChI=1S/C13H5Br2ClF2O/c14-6-1-3-9(16)7(5-6)13(19)11-10(17)4-2-8(15)12(11)18/h1-5H. The molecule has 0 unspecified atom stereocenters. The minimum absolute atomic E-state index is 0.0170. The number of carbonyl (C=O) groups is 1. The predicted molar refractivity (Wildman–Crippen MR) is 76.6 cm³/mol. The van der Waals surface area contributed by atoms with Crippen LogP contribution in [0.4, 0.5) is 8.78 Å². The first-order chi connectivity index (χ1) is 8.91. The Morgan fingerprint density at radius 3 is 2.47 bits per heavy atom. The fraction of sp³-hybridized carbons (Fsp3) is 0. The second-order valence-corrected chi connectivity index (χ2v) is 5.85. The number of rotatable bonds is 2. The van der Waals surface area contributed by atoms with Crippen LogP contribution in [-0.4, -0.2) is 5.78 Å². The molecule has 0 saturated heterocycles. The SMILES string of the molecule is O=C(c1cc(Br)ccc1Cl)c1c(F)ccc(Br)c1F. The van der Waals surface area contributed by atoms with Crippen LogP contribution in [0.2, 0.25) is 5.02 Å². The first kappa shape index (κ1) is 14.6. The Bertz CT molecular complexity index is 674. The van der Waals surface area contributed by atoms with Gasteiger partial charge in [-0.25, -0.2) is 8.78 Å². The van der Waals surface area contributed by atoms with Gasteiger partial charge < -0.3 is 0 Å². The van der Waals surface area contributed by atoms with Gasteiger partial charge in [-0.1, -0.05) is 27.5 Å². The summed E-state index contributed by atoms with van der Waals surface area (Å²) in [4.78, 5) is 12.2. The summed E-state index contributed by atoms with van der Waals surface area (Å²) in [6.45, 7) is 0. The van der Waals surface area contributed by atoms with Gasteiger partial charge in [0.15, 0.2) is 5.82 Å². The number of benzene rings is 2. The quantitative estimate of drug-likeness (QED) is 0.480. The Balaban J connectivity index is 2.63. The van der Waals surface area contributed by atoms with Gasteiger partial charge in [0.05, 0.1) is 15.1 Å². The van der Waals surface area contributed by atoms with Crippen molar-refractivity contribution in [2.45, 2.75) is 0 Å². The molecule has 0 atom stereocenters. The third-order valence-corrected chi connectivity index (χ3v) is 3.88. The molecule has 0 aliphatic heterocycles. The second kappa shape index (κ2) is 5.69. The lowest BCUT2D eigenvalue weighted by molar-refractivity contribution is 0.103. The van der Waals surface area contributed by atoms with E-state index in [2.05, 4.69) is 31.9 Å². The highest BCUT2D eigenvalue weighted by molar-refractivity contribution is 9.10. The first-order valence-electron chi connectivity index (χ1n) is 5.05. The lowest BCUT2D eigenvalue weighted by Crippen LogP contribution is -2.08. The maximum Gasteiger partial charge on any atom is 0.200 e. The molecule has 0 saturated carbocycles. The molecule has 2 aromatic rings. The summed E-state index contributed by atoms with van der Waals surface area (Å²) in [6.07, 6.45) is 0. The van der Waals surface area contributed by atoms with Crippen LogP contribution in [0.15, 0.2) is 39.3 Å². The van der Waals surface area contributed by atoms with Crippen molar-refractivity contribution in [2.24, 2.45) is 0 Å². The van der Waals surface area contributed by atoms with E-state index in [-0.39, 0.29) is 15.1 Å². The van der Waals surface area contributed by atoms with Gasteiger partial charge in [-0.05, 0) is 46.3 Å². The fourth-order valence-corrected chi connectivity index (χ4v) is 2.44. The van der Waals surface area contributed by atoms with E-state index in [1.807, 2.05) is 0 Å². The van der Waals surface area contributed by atoms with Crippen molar-refractivity contribution >= 4 is 49.2 Å². The Labute approximate surface area is 129 Å². The molecule has 0 aliphatic carbocycles. The largest absolute Gasteiger partial charge is 0.288 e. The molecule has 0 radical (unpaired) electrons. The normalized spacial score (nSPS) is 10.6. The number of hydrogen-bond donors (Lipinski definition) is 0. The highest BCUT2D eigenvalue weighted by Gasteiger charge is 2.23. The van der Waals surface area contributed by atoms with Crippen molar-refractivity contribution in [3.05, 3.63) is 67.1 Å². The zero-order chi connectivity index (χ0) is 14.2. The number of carbonyl (C=O) groups excluding carboxylic acids is 1. The monoisotopic (exact) mass is 408 g/mol. The Morgan fingerprint density at radius 2 is 1.79 bits per heavy atom. The predicted octanol–water partition coefficient (Wildman–Crippen LogP) is 5.37. The van der Waals surface area contributed by atoms with Gasteiger partial charge in [-0.2, -0.15) is 0 Å². The van der Waals surface area contributed by atoms with Gasteiger partial charge in [0.2, 0.25) is 5.78 Å². The highest BCUT2D eigenvalue weighted by Crippen LogP contribution is 2.28. The minimum Gasteiger partial charge on any atom is -0.288 e. The third-order valence-electron chi connectivity index (χ3n) is 2.44. The molecular weight excluding hydrogens is 405 g/mol. The zero-order valence-corrected chi connectivity index (χ0v) is 13.1. The molecule has 0 aliphatic rings. The summed E-state index contributed by atoms with van der Waals surface area (Å²) in [5.74, 6) is -2.68. The van der Waals surface area contributed by atoms with Crippen molar-refractivity contribution < 1.29 is 13.6 Å². The van der Waals surface area contributed by atoms with Crippen molar-refractivity contribution in [2.75, 3.05) is 0 Å². The van der Waals surface area contributed by atoms with Crippen LogP contribution in [0.3, 0.4) is 0 Å². The molecule has 0 N–H and O–H groups in total. The number of hydrogen-bond acceptors (Lipinski definition) is 1. The van der Waals surface area contributed by atoms with Gasteiger partial charge in [-0.15, -0.1) is 0 Å². The molecule has 6 heteroatoms. The van der Waals surface area contributed by atoms with E-state index in [0.29, 0.717) is 4.47 Å². The fourth-order valence-electron chi connectivity index (χ4n) is 1.54. The van der Waals surface area contributed by atoms with Crippen LogP contribution in [0.1, 0.15) is 15.9 Å². The molecule has 98 valence electrons. The molecule has 2 aromatic carbocycles. The molecule has 0 aromatic heterocycles. The molecule has 0 amide bonds. The average molecular weight is 410 g/mol. The Kier molecular flexibility index (Phi) is 4.38. The summed E-state index contributed by atoms with van der Waals surface area (Å²) >= 11 is 12.0. The van der Waals surface area contributed by atoms with Crippen molar-refractivity contribution in [3.8, 4) is 0 Å². The second-order valence-electron chi connectivity index (χ2n) is 3.67. The number of ketones is 1. The highest BCUT2D eigenvalue weighted by atomic mass is 79.9. The molecule has 2 rings (SSSR count). The summed E-state index contributed by atoms with van der Waals surface area (Å²) in [7, 11) is 0. The molecule has 0 fully saturated rings. The molecule has 0 spiro atoms. The van der Waals surface area contributed by atoms with Crippen LogP contribution >= 0.6 is 43.5 Å². The average Bonchev–Trinajstić information content (AvgIpc) is 2.37. The van der Waals surface area contributed by atoms with E-state index < -0.39 is 23.0 Å². The first-order valence-corrected chi connectivity index (χ1v) is 7.01. The van der Waals surface area contributed by atoms with Crippen molar-refractivity contribution in [1.82, 2.24) is 0 Å². The topological polar surface area (TPSA) is 17.1 Å². The van der Waals surface area contributed by atoms with Gasteiger partial charge in [0.25, 0.3) is 0 Å². The molecule has 0 heterocycles. The van der Waals surface area contributed by atoms with E-state index in [1.165, 1.54) is 18.2 Å². The van der Waals surface area contributed by atoms with Gasteiger partial charge >= 0.3 is 0 Å². The van der Waals surface area contributed by atoms with E-state index in [9.17, 15) is 13.6 Å². The minimum atomic E-state index is -0.943. The molecular formula is C13H5Br2ClF2O. The van der Waals surface area contributed by atoms with Crippen LogP contribution < -0.4 is 0 Å². The van der Waals surface area contributed by atoms with Crippen LogP contribution in [0.5, 0.6) is 0 Å². The van der Waals surface area contributed by atoms with Gasteiger partial charge in [0.1, 0.15) is 5.82 Å². The lowest BCUT2D eigenvalue weighted by Gasteiger charge is -2.07. The van der Waals surface area contributed by atoms with Crippen molar-refractivity contribution in [3.63, 3.8) is 0 Å². The zero-order valence-electron chi connectivity index (χ0n) is 9.18. The van der Waals surface area contributed by atoms with Crippen LogP contribution in [0, 0.1) is 11.6 Å². The maximum absolute atomic E-state index is 13.9. The molecule has 19 heavy (non-hydrogen) atoms. The lowest BCUT2D eigenvalue weighted by atomic mass is 10.0. The van der Waals surface area contributed by atoms with E-state index in [4.69, 9.17) is 11.6 Å². The van der Waals surface area contributed by atoms with E-state index in [1.54, 1.807) is 6.07 Å². The van der Waals surface area contributed by atoms with Crippen molar-refractivity contribution in [1.29, 1.82) is 0 Å². The summed E-state index contributed by atoms with van der Waals surface area (Å²) in [5.41, 5.74) is -0.596. The Morgan fingerprint density at radius 1 is 1.11 bits per heavy atom. The van der Waals surface area contributed by atoms with Gasteiger partial charge in [-0.3, -0.25) is 4.79 Å². The summed E-state index contributed by atoms with van der Waals surface area (Å²) in [5, 5.41) is 0.131. The van der Waals surface area contributed by atoms with E-state index in [0.717, 1.165) is 6.07 Å². The van der Waals surface area contributed by atoms with E-state index >= 15 is 0 Å². The third kappa shape index (κ3) is 2.88.